The first-order valence-corrected chi connectivity index (χ1v) is 5.67. The molecule has 3 nitrogen and oxygen atoms in total. The highest BCUT2D eigenvalue weighted by molar-refractivity contribution is 5.73. The second kappa shape index (κ2) is 5.14. The number of nitrogens with one attached hydrogen (secondary N) is 1. The topological polar surface area (TPSA) is 47.3 Å². The van der Waals surface area contributed by atoms with Crippen molar-refractivity contribution in [1.82, 2.24) is 0 Å². The number of nitrogen functional groups attached to an aromatic ring is 1. The SMILES string of the molecule is COc1ccc(Nc2cc(F)cc(F)c2N)cc1C. The molecule has 100 valence electrons. The van der Waals surface area contributed by atoms with Crippen LogP contribution in [0.1, 0.15) is 5.56 Å². The standard InChI is InChI=1S/C14H14F2N2O/c1-8-5-10(3-4-13(8)19-2)18-12-7-9(15)6-11(16)14(12)17/h3-7,18H,17H2,1-2H3. The summed E-state index contributed by atoms with van der Waals surface area (Å²) in [5.41, 5.74) is 7.23. The molecule has 0 heterocycles. The molecule has 0 aliphatic carbocycles. The summed E-state index contributed by atoms with van der Waals surface area (Å²) in [5, 5.41) is 2.89. The van der Waals surface area contributed by atoms with E-state index >= 15 is 0 Å². The summed E-state index contributed by atoms with van der Waals surface area (Å²) in [6.07, 6.45) is 0. The van der Waals surface area contributed by atoms with Crippen molar-refractivity contribution >= 4 is 17.1 Å². The van der Waals surface area contributed by atoms with Gasteiger partial charge in [0.2, 0.25) is 0 Å². The lowest BCUT2D eigenvalue weighted by Gasteiger charge is -2.12. The highest BCUT2D eigenvalue weighted by atomic mass is 19.1. The monoisotopic (exact) mass is 264 g/mol. The van der Waals surface area contributed by atoms with E-state index in [1.165, 1.54) is 0 Å². The lowest BCUT2D eigenvalue weighted by Crippen LogP contribution is -2.00. The number of anilines is 3. The fourth-order valence-electron chi connectivity index (χ4n) is 1.80. The molecule has 0 fully saturated rings. The molecule has 0 amide bonds. The number of nitrogens with two attached hydrogens (primary N) is 1. The molecule has 2 aromatic rings. The van der Waals surface area contributed by atoms with E-state index in [0.717, 1.165) is 23.4 Å². The average Bonchev–Trinajstić information content (AvgIpc) is 2.35. The normalized spacial score (nSPS) is 10.3. The summed E-state index contributed by atoms with van der Waals surface area (Å²) < 4.78 is 31.6. The lowest BCUT2D eigenvalue weighted by atomic mass is 10.2. The van der Waals surface area contributed by atoms with Gasteiger partial charge in [0.15, 0.2) is 5.82 Å². The van der Waals surface area contributed by atoms with Gasteiger partial charge >= 0.3 is 0 Å². The van der Waals surface area contributed by atoms with E-state index in [-0.39, 0.29) is 11.4 Å². The van der Waals surface area contributed by atoms with E-state index in [0.29, 0.717) is 5.69 Å². The minimum absolute atomic E-state index is 0.116. The number of ether oxygens (including phenoxy) is 1. The summed E-state index contributed by atoms with van der Waals surface area (Å²) in [5.74, 6) is -0.726. The highest BCUT2D eigenvalue weighted by Crippen LogP contribution is 2.29. The number of halogens is 2. The van der Waals surface area contributed by atoms with Crippen molar-refractivity contribution in [2.45, 2.75) is 6.92 Å². The fourth-order valence-corrected chi connectivity index (χ4v) is 1.80. The molecule has 0 saturated heterocycles. The Labute approximate surface area is 110 Å². The number of benzene rings is 2. The molecule has 3 N–H and O–H groups in total. The van der Waals surface area contributed by atoms with Crippen molar-refractivity contribution < 1.29 is 13.5 Å². The minimum Gasteiger partial charge on any atom is -0.496 e. The zero-order valence-electron chi connectivity index (χ0n) is 10.6. The maximum absolute atomic E-state index is 13.3. The van der Waals surface area contributed by atoms with Crippen LogP contribution in [-0.4, -0.2) is 7.11 Å². The van der Waals surface area contributed by atoms with Crippen LogP contribution in [0.25, 0.3) is 0 Å². The highest BCUT2D eigenvalue weighted by Gasteiger charge is 2.09. The first-order chi connectivity index (χ1) is 9.01. The molecule has 0 aliphatic rings. The number of hydrogen-bond acceptors (Lipinski definition) is 3. The maximum atomic E-state index is 13.3. The molecule has 0 spiro atoms. The van der Waals surface area contributed by atoms with Gasteiger partial charge in [0.1, 0.15) is 11.6 Å². The molecule has 0 unspecified atom stereocenters. The third-order valence-corrected chi connectivity index (χ3v) is 2.77. The molecule has 5 heteroatoms. The Hall–Kier alpha value is -2.30. The van der Waals surface area contributed by atoms with Crippen molar-refractivity contribution in [3.63, 3.8) is 0 Å². The number of hydrogen-bond donors (Lipinski definition) is 2. The van der Waals surface area contributed by atoms with Gasteiger partial charge in [-0.05, 0) is 36.8 Å². The Kier molecular flexibility index (Phi) is 3.55. The maximum Gasteiger partial charge on any atom is 0.151 e. The minimum atomic E-state index is -0.785. The molecular weight excluding hydrogens is 250 g/mol. The van der Waals surface area contributed by atoms with E-state index in [1.54, 1.807) is 25.3 Å². The first kappa shape index (κ1) is 13.1. The quantitative estimate of drug-likeness (QED) is 0.832. The van der Waals surface area contributed by atoms with Gasteiger partial charge in [0, 0.05) is 11.8 Å². The van der Waals surface area contributed by atoms with Crippen molar-refractivity contribution in [2.75, 3.05) is 18.2 Å². The Morgan fingerprint density at radius 3 is 2.53 bits per heavy atom. The van der Waals surface area contributed by atoms with Crippen molar-refractivity contribution in [3.05, 3.63) is 47.5 Å². The summed E-state index contributed by atoms with van der Waals surface area (Å²) in [6.45, 7) is 1.87. The summed E-state index contributed by atoms with van der Waals surface area (Å²) >= 11 is 0. The number of rotatable bonds is 3. The van der Waals surface area contributed by atoms with Crippen LogP contribution >= 0.6 is 0 Å². The molecule has 19 heavy (non-hydrogen) atoms. The lowest BCUT2D eigenvalue weighted by molar-refractivity contribution is 0.412. The Bertz CT molecular complexity index is 615. The molecule has 2 aromatic carbocycles. The summed E-state index contributed by atoms with van der Waals surface area (Å²) in [6, 6.07) is 7.22. The summed E-state index contributed by atoms with van der Waals surface area (Å²) in [7, 11) is 1.58. The van der Waals surface area contributed by atoms with Gasteiger partial charge in [0.25, 0.3) is 0 Å². The van der Waals surface area contributed by atoms with Gasteiger partial charge in [-0.15, -0.1) is 0 Å². The third kappa shape index (κ3) is 2.76. The first-order valence-electron chi connectivity index (χ1n) is 5.67. The van der Waals surface area contributed by atoms with Crippen LogP contribution in [0.5, 0.6) is 5.75 Å². The van der Waals surface area contributed by atoms with Gasteiger partial charge in [-0.2, -0.15) is 0 Å². The number of methoxy groups -OCH3 is 1. The van der Waals surface area contributed by atoms with Crippen LogP contribution in [0.4, 0.5) is 25.8 Å². The van der Waals surface area contributed by atoms with E-state index in [1.807, 2.05) is 6.92 Å². The fraction of sp³-hybridized carbons (Fsp3) is 0.143. The van der Waals surface area contributed by atoms with Crippen LogP contribution < -0.4 is 15.8 Å². The largest absolute Gasteiger partial charge is 0.496 e. The van der Waals surface area contributed by atoms with Crippen molar-refractivity contribution in [2.24, 2.45) is 0 Å². The van der Waals surface area contributed by atoms with Crippen molar-refractivity contribution in [1.29, 1.82) is 0 Å². The molecule has 0 aromatic heterocycles. The zero-order valence-corrected chi connectivity index (χ0v) is 10.6. The van der Waals surface area contributed by atoms with E-state index in [2.05, 4.69) is 5.32 Å². The Morgan fingerprint density at radius 1 is 1.16 bits per heavy atom. The molecule has 0 bridgehead atoms. The second-order valence-electron chi connectivity index (χ2n) is 4.16. The van der Waals surface area contributed by atoms with Gasteiger partial charge < -0.3 is 15.8 Å². The van der Waals surface area contributed by atoms with Crippen LogP contribution in [0.15, 0.2) is 30.3 Å². The number of aryl methyl sites for hydroxylation is 1. The molecule has 0 saturated carbocycles. The van der Waals surface area contributed by atoms with Gasteiger partial charge in [-0.25, -0.2) is 8.78 Å². The van der Waals surface area contributed by atoms with E-state index < -0.39 is 11.6 Å². The second-order valence-corrected chi connectivity index (χ2v) is 4.16. The third-order valence-electron chi connectivity index (χ3n) is 2.77. The molecule has 0 atom stereocenters. The van der Waals surface area contributed by atoms with E-state index in [4.69, 9.17) is 10.5 Å². The predicted octanol–water partition coefficient (Wildman–Crippen LogP) is 3.61. The molecule has 2 rings (SSSR count). The predicted molar refractivity (Wildman–Crippen MR) is 71.8 cm³/mol. The van der Waals surface area contributed by atoms with Crippen LogP contribution in [-0.2, 0) is 0 Å². The van der Waals surface area contributed by atoms with Gasteiger partial charge in [0.05, 0.1) is 18.5 Å². The van der Waals surface area contributed by atoms with Crippen LogP contribution in [0, 0.1) is 18.6 Å². The van der Waals surface area contributed by atoms with Crippen molar-refractivity contribution in [3.8, 4) is 5.75 Å². The molecule has 0 aliphatic heterocycles. The van der Waals surface area contributed by atoms with Crippen LogP contribution in [0.2, 0.25) is 0 Å². The van der Waals surface area contributed by atoms with Crippen LogP contribution in [0.3, 0.4) is 0 Å². The molecule has 0 radical (unpaired) electrons. The average molecular weight is 264 g/mol. The smallest absolute Gasteiger partial charge is 0.151 e. The summed E-state index contributed by atoms with van der Waals surface area (Å²) in [4.78, 5) is 0. The Morgan fingerprint density at radius 2 is 1.89 bits per heavy atom. The van der Waals surface area contributed by atoms with E-state index in [9.17, 15) is 8.78 Å². The Balaban J connectivity index is 2.33. The zero-order chi connectivity index (χ0) is 14.0. The van der Waals surface area contributed by atoms with Gasteiger partial charge in [-0.3, -0.25) is 0 Å². The van der Waals surface area contributed by atoms with Gasteiger partial charge in [-0.1, -0.05) is 0 Å². The molecular formula is C14H14F2N2O.